The molecule has 0 aliphatic carbocycles. The van der Waals surface area contributed by atoms with Crippen LogP contribution in [0, 0.1) is 5.82 Å². The highest BCUT2D eigenvalue weighted by Gasteiger charge is 2.20. The highest BCUT2D eigenvalue weighted by Crippen LogP contribution is 2.38. The molecule has 1 unspecified atom stereocenters. The summed E-state index contributed by atoms with van der Waals surface area (Å²) in [5, 5.41) is 14.2. The van der Waals surface area contributed by atoms with Gasteiger partial charge < -0.3 is 24.9 Å². The van der Waals surface area contributed by atoms with Crippen molar-refractivity contribution in [3.63, 3.8) is 0 Å². The maximum Gasteiger partial charge on any atom is 0.321 e. The number of H-pyrrole nitrogens is 1. The van der Waals surface area contributed by atoms with Crippen LogP contribution in [-0.2, 0) is 24.4 Å². The van der Waals surface area contributed by atoms with Crippen molar-refractivity contribution in [2.45, 2.75) is 25.6 Å². The number of carboxylic acids is 1. The molecule has 0 fully saturated rings. The average Bonchev–Trinajstić information content (AvgIpc) is 3.24. The number of carboxylic acid groups (broad SMARTS) is 1. The molecule has 1 heterocycles. The summed E-state index contributed by atoms with van der Waals surface area (Å²) in [5.41, 5.74) is 2.92. The first-order valence-electron chi connectivity index (χ1n) is 10.8. The van der Waals surface area contributed by atoms with E-state index in [-0.39, 0.29) is 23.7 Å². The minimum atomic E-state index is -0.942. The molecule has 0 saturated heterocycles. The van der Waals surface area contributed by atoms with Crippen molar-refractivity contribution in [1.82, 2.24) is 10.3 Å². The number of ether oxygens (including phenoxy) is 2. The van der Waals surface area contributed by atoms with Crippen LogP contribution in [0.25, 0.3) is 10.9 Å². The number of aromatic amines is 1. The lowest BCUT2D eigenvalue weighted by Gasteiger charge is -2.17. The zero-order valence-electron chi connectivity index (χ0n) is 18.8. The predicted octanol–water partition coefficient (Wildman–Crippen LogP) is 6.10. The van der Waals surface area contributed by atoms with Crippen molar-refractivity contribution < 1.29 is 23.8 Å². The minimum Gasteiger partial charge on any atom is -0.493 e. The number of nitrogens with one attached hydrogen (secondary N) is 2. The third kappa shape index (κ3) is 5.78. The van der Waals surface area contributed by atoms with E-state index in [1.165, 1.54) is 19.2 Å². The fourth-order valence-corrected chi connectivity index (χ4v) is 4.66. The number of hydrogen-bond donors (Lipinski definition) is 3. The van der Waals surface area contributed by atoms with Crippen LogP contribution in [-0.4, -0.2) is 29.2 Å². The second kappa shape index (κ2) is 11.1. The SMILES string of the molecule is COc1cc(CNC(Cc2c[nH]c3ccccc23)C(=O)O)cc(Br)c1OCc1c(F)cccc1Cl. The summed E-state index contributed by atoms with van der Waals surface area (Å²) in [6.07, 6.45) is 2.16. The smallest absolute Gasteiger partial charge is 0.321 e. The van der Waals surface area contributed by atoms with Gasteiger partial charge in [-0.25, -0.2) is 4.39 Å². The fraction of sp³-hybridized carbons (Fsp3) is 0.192. The Kier molecular flexibility index (Phi) is 7.95. The van der Waals surface area contributed by atoms with Crippen LogP contribution in [0.3, 0.4) is 0 Å². The second-order valence-corrected chi connectivity index (χ2v) is 9.19. The molecule has 3 N–H and O–H groups in total. The number of halogens is 3. The highest BCUT2D eigenvalue weighted by molar-refractivity contribution is 9.10. The monoisotopic (exact) mass is 560 g/mol. The molecule has 9 heteroatoms. The lowest BCUT2D eigenvalue weighted by molar-refractivity contribution is -0.139. The number of rotatable bonds is 10. The van der Waals surface area contributed by atoms with Gasteiger partial charge in [0, 0.05) is 35.6 Å². The average molecular weight is 562 g/mol. The van der Waals surface area contributed by atoms with E-state index >= 15 is 0 Å². The van der Waals surface area contributed by atoms with Gasteiger partial charge in [-0.2, -0.15) is 0 Å². The van der Waals surface area contributed by atoms with Gasteiger partial charge in [-0.15, -0.1) is 0 Å². The van der Waals surface area contributed by atoms with E-state index in [9.17, 15) is 14.3 Å². The molecule has 4 rings (SSSR count). The maximum atomic E-state index is 14.1. The number of carbonyl (C=O) groups is 1. The Morgan fingerprint density at radius 3 is 2.77 bits per heavy atom. The molecule has 3 aromatic carbocycles. The summed E-state index contributed by atoms with van der Waals surface area (Å²) in [5.74, 6) is -0.581. The maximum absolute atomic E-state index is 14.1. The number of hydrogen-bond acceptors (Lipinski definition) is 4. The molecule has 0 aliphatic heterocycles. The molecule has 0 bridgehead atoms. The largest absolute Gasteiger partial charge is 0.493 e. The van der Waals surface area contributed by atoms with E-state index in [2.05, 4.69) is 26.2 Å². The van der Waals surface area contributed by atoms with E-state index in [1.54, 1.807) is 18.2 Å². The van der Waals surface area contributed by atoms with Gasteiger partial charge in [0.1, 0.15) is 18.5 Å². The van der Waals surface area contributed by atoms with Gasteiger partial charge in [0.15, 0.2) is 11.5 Å². The number of fused-ring (bicyclic) bond motifs is 1. The van der Waals surface area contributed by atoms with Crippen LogP contribution in [0.4, 0.5) is 4.39 Å². The molecule has 1 atom stereocenters. The molecule has 0 spiro atoms. The molecular weight excluding hydrogens is 539 g/mol. The minimum absolute atomic E-state index is 0.0796. The molecule has 0 saturated carbocycles. The molecule has 0 radical (unpaired) electrons. The summed E-state index contributed by atoms with van der Waals surface area (Å²) in [7, 11) is 1.50. The van der Waals surface area contributed by atoms with Crippen molar-refractivity contribution in [3.8, 4) is 11.5 Å². The van der Waals surface area contributed by atoms with Crippen LogP contribution in [0.1, 0.15) is 16.7 Å². The molecular formula is C26H23BrClFN2O4. The summed E-state index contributed by atoms with van der Waals surface area (Å²) in [4.78, 5) is 15.1. The van der Waals surface area contributed by atoms with Crippen molar-refractivity contribution in [3.05, 3.63) is 92.8 Å². The first-order valence-corrected chi connectivity index (χ1v) is 12.0. The number of aromatic nitrogens is 1. The van der Waals surface area contributed by atoms with Gasteiger partial charge in [-0.3, -0.25) is 4.79 Å². The lowest BCUT2D eigenvalue weighted by atomic mass is 10.0. The summed E-state index contributed by atoms with van der Waals surface area (Å²) < 4.78 is 26.0. The predicted molar refractivity (Wildman–Crippen MR) is 137 cm³/mol. The molecule has 1 aromatic heterocycles. The van der Waals surface area contributed by atoms with Gasteiger partial charge in [0.25, 0.3) is 0 Å². The highest BCUT2D eigenvalue weighted by atomic mass is 79.9. The lowest BCUT2D eigenvalue weighted by Crippen LogP contribution is -2.38. The topological polar surface area (TPSA) is 83.6 Å². The molecule has 182 valence electrons. The molecule has 0 amide bonds. The number of benzene rings is 3. The summed E-state index contributed by atoms with van der Waals surface area (Å²) in [6.45, 7) is 0.206. The number of para-hydroxylation sites is 1. The van der Waals surface area contributed by atoms with E-state index in [4.69, 9.17) is 21.1 Å². The number of aliphatic carboxylic acids is 1. The van der Waals surface area contributed by atoms with Crippen LogP contribution in [0.5, 0.6) is 11.5 Å². The van der Waals surface area contributed by atoms with Crippen LogP contribution < -0.4 is 14.8 Å². The first-order chi connectivity index (χ1) is 16.9. The van der Waals surface area contributed by atoms with Crippen molar-refractivity contribution >= 4 is 44.4 Å². The standard InChI is InChI=1S/C26H23BrClFN2O4/c1-34-24-10-15(9-19(27)25(24)35-14-18-20(28)6-4-7-21(18)29)12-30-23(26(32)33)11-16-13-31-22-8-3-2-5-17(16)22/h2-10,13,23,30-31H,11-12,14H2,1H3,(H,32,33). The first kappa shape index (κ1) is 25.0. The third-order valence-corrected chi connectivity index (χ3v) is 6.60. The fourth-order valence-electron chi connectivity index (χ4n) is 3.84. The molecule has 35 heavy (non-hydrogen) atoms. The summed E-state index contributed by atoms with van der Waals surface area (Å²) >= 11 is 9.57. The van der Waals surface area contributed by atoms with E-state index in [1.807, 2.05) is 30.5 Å². The third-order valence-electron chi connectivity index (χ3n) is 5.66. The second-order valence-electron chi connectivity index (χ2n) is 7.93. The Bertz CT molecular complexity index is 1340. The Morgan fingerprint density at radius 2 is 2.03 bits per heavy atom. The van der Waals surface area contributed by atoms with Crippen molar-refractivity contribution in [2.75, 3.05) is 7.11 Å². The summed E-state index contributed by atoms with van der Waals surface area (Å²) in [6, 6.07) is 15.0. The Labute approximate surface area is 215 Å². The van der Waals surface area contributed by atoms with Crippen molar-refractivity contribution in [1.29, 1.82) is 0 Å². The van der Waals surface area contributed by atoms with Gasteiger partial charge in [0.2, 0.25) is 0 Å². The van der Waals surface area contributed by atoms with Gasteiger partial charge in [0.05, 0.1) is 16.6 Å². The van der Waals surface area contributed by atoms with Crippen LogP contribution in [0.2, 0.25) is 5.02 Å². The van der Waals surface area contributed by atoms with E-state index < -0.39 is 17.8 Å². The van der Waals surface area contributed by atoms with E-state index in [0.717, 1.165) is 22.0 Å². The van der Waals surface area contributed by atoms with Crippen molar-refractivity contribution in [2.24, 2.45) is 0 Å². The molecule has 6 nitrogen and oxygen atoms in total. The normalized spacial score (nSPS) is 12.0. The van der Waals surface area contributed by atoms with E-state index in [0.29, 0.717) is 22.4 Å². The Morgan fingerprint density at radius 1 is 1.23 bits per heavy atom. The van der Waals surface area contributed by atoms with Crippen LogP contribution in [0.15, 0.2) is 65.3 Å². The zero-order valence-corrected chi connectivity index (χ0v) is 21.1. The molecule has 0 aliphatic rings. The molecule has 4 aromatic rings. The zero-order chi connectivity index (χ0) is 24.9. The quantitative estimate of drug-likeness (QED) is 0.218. The Hall–Kier alpha value is -3.07. The van der Waals surface area contributed by atoms with Gasteiger partial charge in [-0.1, -0.05) is 35.9 Å². The Balaban J connectivity index is 1.47. The van der Waals surface area contributed by atoms with Gasteiger partial charge in [-0.05, 0) is 57.4 Å². The number of methoxy groups -OCH3 is 1. The van der Waals surface area contributed by atoms with Crippen LogP contribution >= 0.6 is 27.5 Å². The van der Waals surface area contributed by atoms with Gasteiger partial charge >= 0.3 is 5.97 Å².